The molecule has 2 heterocycles. The number of thiazole rings is 1. The summed E-state index contributed by atoms with van der Waals surface area (Å²) in [4.78, 5) is 17.5. The summed E-state index contributed by atoms with van der Waals surface area (Å²) in [6.45, 7) is 4.34. The van der Waals surface area contributed by atoms with Gasteiger partial charge in [0.2, 0.25) is 6.79 Å². The fourth-order valence-electron chi connectivity index (χ4n) is 2.86. The molecule has 4 rings (SSSR count). The van der Waals surface area contributed by atoms with Crippen molar-refractivity contribution in [2.24, 2.45) is 12.0 Å². The molecule has 2 aromatic carbocycles. The minimum Gasteiger partial charge on any atom is -0.454 e. The second-order valence-corrected chi connectivity index (χ2v) is 6.84. The van der Waals surface area contributed by atoms with E-state index in [4.69, 9.17) is 9.47 Å². The number of aromatic nitrogens is 1. The lowest BCUT2D eigenvalue weighted by Crippen LogP contribution is -2.13. The van der Waals surface area contributed by atoms with E-state index in [0.717, 1.165) is 10.2 Å². The van der Waals surface area contributed by atoms with Crippen LogP contribution >= 0.6 is 11.3 Å². The Morgan fingerprint density at radius 3 is 2.79 bits per heavy atom. The molecular formula is C18H16N2O3S. The third-order valence-corrected chi connectivity index (χ3v) is 5.34. The van der Waals surface area contributed by atoms with E-state index in [-0.39, 0.29) is 12.7 Å². The van der Waals surface area contributed by atoms with Crippen LogP contribution in [0.4, 0.5) is 0 Å². The first kappa shape index (κ1) is 15.0. The summed E-state index contributed by atoms with van der Waals surface area (Å²) in [5.41, 5.74) is 3.98. The lowest BCUT2D eigenvalue weighted by molar-refractivity contribution is 0.0997. The molecule has 3 aromatic rings. The van der Waals surface area contributed by atoms with Crippen LogP contribution in [0.25, 0.3) is 10.2 Å². The Morgan fingerprint density at radius 1 is 1.17 bits per heavy atom. The largest absolute Gasteiger partial charge is 0.454 e. The topological polar surface area (TPSA) is 52.8 Å². The van der Waals surface area contributed by atoms with Crippen LogP contribution in [0.2, 0.25) is 0 Å². The smallest absolute Gasteiger partial charge is 0.279 e. The lowest BCUT2D eigenvalue weighted by atomic mass is 10.1. The zero-order chi connectivity index (χ0) is 16.8. The average molecular weight is 340 g/mol. The number of ether oxygens (including phenoxy) is 2. The van der Waals surface area contributed by atoms with E-state index in [1.807, 2.05) is 11.6 Å². The number of benzene rings is 2. The third-order valence-electron chi connectivity index (χ3n) is 4.06. The highest BCUT2D eigenvalue weighted by Gasteiger charge is 2.16. The molecule has 0 unspecified atom stereocenters. The SMILES string of the molecule is Cc1cc(C)c2sc(=NC(=O)c3ccc4c(c3)OCO4)n(C)c2c1. The van der Waals surface area contributed by atoms with Crippen molar-refractivity contribution in [3.8, 4) is 11.5 Å². The molecule has 0 aliphatic carbocycles. The minimum atomic E-state index is -0.287. The Balaban J connectivity index is 1.80. The van der Waals surface area contributed by atoms with Gasteiger partial charge in [-0.15, -0.1) is 0 Å². The van der Waals surface area contributed by atoms with Crippen molar-refractivity contribution in [3.05, 3.63) is 51.8 Å². The first-order valence-corrected chi connectivity index (χ1v) is 8.40. The summed E-state index contributed by atoms with van der Waals surface area (Å²) < 4.78 is 13.7. The molecule has 1 aliphatic heterocycles. The number of hydrogen-bond donors (Lipinski definition) is 0. The molecule has 24 heavy (non-hydrogen) atoms. The highest BCUT2D eigenvalue weighted by Crippen LogP contribution is 2.32. The molecule has 1 amide bonds. The van der Waals surface area contributed by atoms with E-state index in [1.54, 1.807) is 18.2 Å². The van der Waals surface area contributed by atoms with Crippen molar-refractivity contribution in [3.63, 3.8) is 0 Å². The molecule has 0 bridgehead atoms. The van der Waals surface area contributed by atoms with Crippen molar-refractivity contribution in [2.75, 3.05) is 6.79 Å². The van der Waals surface area contributed by atoms with E-state index >= 15 is 0 Å². The van der Waals surface area contributed by atoms with Gasteiger partial charge < -0.3 is 14.0 Å². The van der Waals surface area contributed by atoms with Crippen LogP contribution in [-0.4, -0.2) is 17.3 Å². The summed E-state index contributed by atoms with van der Waals surface area (Å²) in [6.07, 6.45) is 0. The molecule has 0 saturated heterocycles. The highest BCUT2D eigenvalue weighted by molar-refractivity contribution is 7.16. The molecule has 1 aromatic heterocycles. The Morgan fingerprint density at radius 2 is 1.96 bits per heavy atom. The van der Waals surface area contributed by atoms with E-state index in [0.29, 0.717) is 21.9 Å². The number of hydrogen-bond acceptors (Lipinski definition) is 4. The van der Waals surface area contributed by atoms with Gasteiger partial charge >= 0.3 is 0 Å². The van der Waals surface area contributed by atoms with Crippen LogP contribution in [0, 0.1) is 13.8 Å². The van der Waals surface area contributed by atoms with Crippen molar-refractivity contribution in [1.82, 2.24) is 4.57 Å². The molecule has 0 radical (unpaired) electrons. The number of fused-ring (bicyclic) bond motifs is 2. The highest BCUT2D eigenvalue weighted by atomic mass is 32.1. The van der Waals surface area contributed by atoms with Gasteiger partial charge in [0.15, 0.2) is 16.3 Å². The lowest BCUT2D eigenvalue weighted by Gasteiger charge is -2.00. The molecule has 122 valence electrons. The summed E-state index contributed by atoms with van der Waals surface area (Å²) in [5.74, 6) is 0.957. The van der Waals surface area contributed by atoms with Crippen LogP contribution < -0.4 is 14.3 Å². The van der Waals surface area contributed by atoms with Crippen LogP contribution in [0.1, 0.15) is 21.5 Å². The van der Waals surface area contributed by atoms with Crippen molar-refractivity contribution in [1.29, 1.82) is 0 Å². The molecular weight excluding hydrogens is 324 g/mol. The van der Waals surface area contributed by atoms with Gasteiger partial charge in [0.25, 0.3) is 5.91 Å². The van der Waals surface area contributed by atoms with Gasteiger partial charge in [0, 0.05) is 12.6 Å². The van der Waals surface area contributed by atoms with Gasteiger partial charge in [-0.3, -0.25) is 4.79 Å². The maximum atomic E-state index is 12.5. The van der Waals surface area contributed by atoms with Gasteiger partial charge in [-0.05, 0) is 49.2 Å². The predicted octanol–water partition coefficient (Wildman–Crippen LogP) is 3.33. The number of carbonyl (C=O) groups is 1. The van der Waals surface area contributed by atoms with E-state index < -0.39 is 0 Å². The maximum Gasteiger partial charge on any atom is 0.279 e. The number of carbonyl (C=O) groups excluding carboxylic acids is 1. The molecule has 0 saturated carbocycles. The molecule has 0 spiro atoms. The number of aryl methyl sites for hydroxylation is 3. The zero-order valence-corrected chi connectivity index (χ0v) is 14.4. The normalized spacial score (nSPS) is 13.7. The molecule has 1 aliphatic rings. The molecule has 0 atom stereocenters. The van der Waals surface area contributed by atoms with Gasteiger partial charge in [0.05, 0.1) is 10.2 Å². The van der Waals surface area contributed by atoms with E-state index in [9.17, 15) is 4.79 Å². The molecule has 6 heteroatoms. The summed E-state index contributed by atoms with van der Waals surface area (Å²) in [6, 6.07) is 9.38. The first-order valence-electron chi connectivity index (χ1n) is 7.58. The van der Waals surface area contributed by atoms with Gasteiger partial charge in [-0.1, -0.05) is 17.4 Å². The van der Waals surface area contributed by atoms with Crippen molar-refractivity contribution >= 4 is 27.5 Å². The van der Waals surface area contributed by atoms with E-state index in [2.05, 4.69) is 31.0 Å². The van der Waals surface area contributed by atoms with Crippen LogP contribution in [0.15, 0.2) is 35.3 Å². The Kier molecular flexibility index (Phi) is 3.42. The maximum absolute atomic E-state index is 12.5. The predicted molar refractivity (Wildman–Crippen MR) is 92.7 cm³/mol. The second kappa shape index (κ2) is 5.49. The van der Waals surface area contributed by atoms with Crippen LogP contribution in [0.3, 0.4) is 0 Å². The standard InChI is InChI=1S/C18H16N2O3S/c1-10-6-11(2)16-13(7-10)20(3)18(24-16)19-17(21)12-4-5-14-15(8-12)23-9-22-14/h4-8H,9H2,1-3H3. The zero-order valence-electron chi connectivity index (χ0n) is 13.6. The van der Waals surface area contributed by atoms with Crippen molar-refractivity contribution in [2.45, 2.75) is 13.8 Å². The fraction of sp³-hybridized carbons (Fsp3) is 0.222. The van der Waals surface area contributed by atoms with Crippen LogP contribution in [0.5, 0.6) is 11.5 Å². The molecule has 5 nitrogen and oxygen atoms in total. The third kappa shape index (κ3) is 2.39. The van der Waals surface area contributed by atoms with Gasteiger partial charge in [-0.25, -0.2) is 0 Å². The number of nitrogens with zero attached hydrogens (tertiary/aromatic N) is 2. The molecule has 0 fully saturated rings. The Bertz CT molecular complexity index is 1050. The van der Waals surface area contributed by atoms with Crippen molar-refractivity contribution < 1.29 is 14.3 Å². The minimum absolute atomic E-state index is 0.189. The monoisotopic (exact) mass is 340 g/mol. The number of amides is 1. The Hall–Kier alpha value is -2.60. The molecule has 0 N–H and O–H groups in total. The fourth-order valence-corrected chi connectivity index (χ4v) is 3.92. The number of rotatable bonds is 1. The summed E-state index contributed by atoms with van der Waals surface area (Å²) >= 11 is 1.53. The summed E-state index contributed by atoms with van der Waals surface area (Å²) in [5, 5.41) is 0. The first-order chi connectivity index (χ1) is 11.5. The Labute approximate surface area is 142 Å². The van der Waals surface area contributed by atoms with Gasteiger partial charge in [0.1, 0.15) is 0 Å². The summed E-state index contributed by atoms with van der Waals surface area (Å²) in [7, 11) is 1.93. The van der Waals surface area contributed by atoms with E-state index in [1.165, 1.54) is 22.5 Å². The quantitative estimate of drug-likeness (QED) is 0.683. The van der Waals surface area contributed by atoms with Crippen LogP contribution in [-0.2, 0) is 7.05 Å². The van der Waals surface area contributed by atoms with Gasteiger partial charge in [-0.2, -0.15) is 4.99 Å². The average Bonchev–Trinajstić information content (AvgIpc) is 3.13. The second-order valence-electron chi connectivity index (χ2n) is 5.86.